The minimum absolute atomic E-state index is 0.240. The number of piperidine rings is 1. The fraction of sp³-hybridized carbons (Fsp3) is 0.600. The van der Waals surface area contributed by atoms with Crippen LogP contribution < -0.4 is 5.48 Å². The van der Waals surface area contributed by atoms with Gasteiger partial charge in [0.1, 0.15) is 0 Å². The summed E-state index contributed by atoms with van der Waals surface area (Å²) in [5.41, 5.74) is 4.23. The third-order valence-electron chi connectivity index (χ3n) is 6.50. The SMILES string of the molecule is O=C(NO)c1ccc2c(c1)CC[C@]1(CCCN(CC3CCC3)C1=O)C2. The summed E-state index contributed by atoms with van der Waals surface area (Å²) in [5.74, 6) is 0.589. The second-order valence-corrected chi connectivity index (χ2v) is 8.03. The number of hydroxylamine groups is 1. The average Bonchev–Trinajstić information content (AvgIpc) is 2.60. The molecule has 1 aromatic rings. The molecule has 0 radical (unpaired) electrons. The van der Waals surface area contributed by atoms with E-state index in [2.05, 4.69) is 4.90 Å². The number of benzene rings is 1. The van der Waals surface area contributed by atoms with Crippen molar-refractivity contribution in [2.75, 3.05) is 13.1 Å². The largest absolute Gasteiger partial charge is 0.342 e. The van der Waals surface area contributed by atoms with Gasteiger partial charge in [-0.3, -0.25) is 14.8 Å². The molecule has 25 heavy (non-hydrogen) atoms. The van der Waals surface area contributed by atoms with Crippen molar-refractivity contribution in [2.24, 2.45) is 11.3 Å². The Kier molecular flexibility index (Phi) is 4.28. The van der Waals surface area contributed by atoms with Gasteiger partial charge in [-0.15, -0.1) is 0 Å². The van der Waals surface area contributed by atoms with Gasteiger partial charge in [-0.05, 0) is 74.1 Å². The van der Waals surface area contributed by atoms with E-state index in [1.807, 2.05) is 12.1 Å². The van der Waals surface area contributed by atoms with Crippen LogP contribution in [0.5, 0.6) is 0 Å². The first-order valence-corrected chi connectivity index (χ1v) is 9.47. The first-order valence-electron chi connectivity index (χ1n) is 9.47. The lowest BCUT2D eigenvalue weighted by molar-refractivity contribution is -0.148. The van der Waals surface area contributed by atoms with Crippen LogP contribution in [0.25, 0.3) is 0 Å². The molecule has 1 atom stereocenters. The van der Waals surface area contributed by atoms with Crippen molar-refractivity contribution in [1.82, 2.24) is 10.4 Å². The molecule has 2 fully saturated rings. The smallest absolute Gasteiger partial charge is 0.274 e. The fourth-order valence-electron chi connectivity index (χ4n) is 4.77. The van der Waals surface area contributed by atoms with Crippen LogP contribution in [0.1, 0.15) is 60.0 Å². The molecule has 1 aliphatic heterocycles. The highest BCUT2D eigenvalue weighted by Gasteiger charge is 2.46. The molecule has 2 amide bonds. The van der Waals surface area contributed by atoms with Gasteiger partial charge in [-0.25, -0.2) is 5.48 Å². The number of rotatable bonds is 3. The molecule has 1 aromatic carbocycles. The number of fused-ring (bicyclic) bond motifs is 1. The van der Waals surface area contributed by atoms with Gasteiger partial charge < -0.3 is 4.90 Å². The number of amides is 2. The molecule has 1 heterocycles. The number of hydrogen-bond acceptors (Lipinski definition) is 3. The van der Waals surface area contributed by atoms with Crippen LogP contribution in [0, 0.1) is 11.3 Å². The monoisotopic (exact) mass is 342 g/mol. The fourth-order valence-corrected chi connectivity index (χ4v) is 4.77. The molecule has 2 N–H and O–H groups in total. The zero-order chi connectivity index (χ0) is 17.4. The standard InChI is InChI=1S/C20H26N2O3/c23-18(21-25)16-5-6-17-12-20(9-7-15(17)11-16)8-2-10-22(19(20)24)13-14-3-1-4-14/h5-6,11,14,25H,1-4,7-10,12-13H2,(H,21,23)/t20-/m1/s1. The lowest BCUT2D eigenvalue weighted by Gasteiger charge is -2.46. The lowest BCUT2D eigenvalue weighted by Crippen LogP contribution is -2.52. The summed E-state index contributed by atoms with van der Waals surface area (Å²) in [7, 11) is 0. The number of carbonyl (C=O) groups excluding carboxylic acids is 2. The molecule has 1 spiro atoms. The van der Waals surface area contributed by atoms with Crippen molar-refractivity contribution in [3.63, 3.8) is 0 Å². The summed E-state index contributed by atoms with van der Waals surface area (Å²) >= 11 is 0. The number of nitrogens with one attached hydrogen (secondary N) is 1. The Balaban J connectivity index is 1.53. The number of hydrogen-bond donors (Lipinski definition) is 2. The first-order chi connectivity index (χ1) is 12.1. The van der Waals surface area contributed by atoms with Gasteiger partial charge in [0, 0.05) is 18.7 Å². The topological polar surface area (TPSA) is 69.6 Å². The Bertz CT molecular complexity index is 698. The molecule has 5 heteroatoms. The van der Waals surface area contributed by atoms with Crippen molar-refractivity contribution < 1.29 is 14.8 Å². The highest BCUT2D eigenvalue weighted by Crippen LogP contribution is 2.44. The average molecular weight is 342 g/mol. The van der Waals surface area contributed by atoms with Gasteiger partial charge in [0.15, 0.2) is 0 Å². The minimum Gasteiger partial charge on any atom is -0.342 e. The van der Waals surface area contributed by atoms with Crippen LogP contribution in [0.15, 0.2) is 18.2 Å². The molecule has 2 aliphatic carbocycles. The summed E-state index contributed by atoms with van der Waals surface area (Å²) in [6, 6.07) is 5.55. The molecule has 5 nitrogen and oxygen atoms in total. The molecular weight excluding hydrogens is 316 g/mol. The minimum atomic E-state index is -0.483. The molecule has 0 bridgehead atoms. The third-order valence-corrected chi connectivity index (χ3v) is 6.50. The Labute approximate surface area is 148 Å². The van der Waals surface area contributed by atoms with E-state index >= 15 is 0 Å². The van der Waals surface area contributed by atoms with E-state index < -0.39 is 5.91 Å². The number of aryl methyl sites for hydroxylation is 1. The second-order valence-electron chi connectivity index (χ2n) is 8.03. The molecule has 1 saturated heterocycles. The van der Waals surface area contributed by atoms with Crippen LogP contribution in [-0.2, 0) is 17.6 Å². The van der Waals surface area contributed by atoms with E-state index in [4.69, 9.17) is 5.21 Å². The Morgan fingerprint density at radius 1 is 1.24 bits per heavy atom. The summed E-state index contributed by atoms with van der Waals surface area (Å²) in [4.78, 5) is 27.0. The maximum Gasteiger partial charge on any atom is 0.274 e. The maximum absolute atomic E-state index is 13.2. The van der Waals surface area contributed by atoms with E-state index in [0.717, 1.165) is 56.7 Å². The van der Waals surface area contributed by atoms with Gasteiger partial charge in [-0.1, -0.05) is 12.5 Å². The third kappa shape index (κ3) is 2.95. The zero-order valence-electron chi connectivity index (χ0n) is 14.6. The van der Waals surface area contributed by atoms with Crippen LogP contribution in [0.2, 0.25) is 0 Å². The van der Waals surface area contributed by atoms with Gasteiger partial charge in [0.05, 0.1) is 5.41 Å². The Morgan fingerprint density at radius 2 is 2.08 bits per heavy atom. The molecule has 3 aliphatic rings. The molecular formula is C20H26N2O3. The van der Waals surface area contributed by atoms with Gasteiger partial charge in [-0.2, -0.15) is 0 Å². The van der Waals surface area contributed by atoms with Gasteiger partial charge in [0.25, 0.3) is 5.91 Å². The van der Waals surface area contributed by atoms with E-state index in [1.54, 1.807) is 11.5 Å². The van der Waals surface area contributed by atoms with E-state index in [0.29, 0.717) is 11.5 Å². The van der Waals surface area contributed by atoms with Crippen LogP contribution in [0.3, 0.4) is 0 Å². The van der Waals surface area contributed by atoms with Crippen molar-refractivity contribution in [3.8, 4) is 0 Å². The molecule has 134 valence electrons. The predicted molar refractivity (Wildman–Crippen MR) is 93.3 cm³/mol. The Morgan fingerprint density at radius 3 is 2.80 bits per heavy atom. The van der Waals surface area contributed by atoms with E-state index in [-0.39, 0.29) is 5.41 Å². The van der Waals surface area contributed by atoms with Gasteiger partial charge >= 0.3 is 0 Å². The molecule has 1 saturated carbocycles. The summed E-state index contributed by atoms with van der Waals surface area (Å²) in [6.45, 7) is 1.86. The first kappa shape index (κ1) is 16.6. The predicted octanol–water partition coefficient (Wildman–Crippen LogP) is 2.70. The normalized spacial score (nSPS) is 26.3. The maximum atomic E-state index is 13.2. The highest BCUT2D eigenvalue weighted by atomic mass is 16.5. The van der Waals surface area contributed by atoms with Crippen molar-refractivity contribution >= 4 is 11.8 Å². The Hall–Kier alpha value is -1.88. The quantitative estimate of drug-likeness (QED) is 0.655. The zero-order valence-corrected chi connectivity index (χ0v) is 14.6. The number of nitrogens with zero attached hydrogens (tertiary/aromatic N) is 1. The van der Waals surface area contributed by atoms with Crippen LogP contribution >= 0.6 is 0 Å². The van der Waals surface area contributed by atoms with Crippen LogP contribution in [0.4, 0.5) is 0 Å². The molecule has 0 unspecified atom stereocenters. The highest BCUT2D eigenvalue weighted by molar-refractivity contribution is 5.93. The van der Waals surface area contributed by atoms with E-state index in [1.165, 1.54) is 24.8 Å². The van der Waals surface area contributed by atoms with Crippen LogP contribution in [-0.4, -0.2) is 35.0 Å². The summed E-state index contributed by atoms with van der Waals surface area (Å²) < 4.78 is 0. The lowest BCUT2D eigenvalue weighted by atomic mass is 9.66. The second kappa shape index (κ2) is 6.45. The van der Waals surface area contributed by atoms with E-state index in [9.17, 15) is 9.59 Å². The molecule has 0 aromatic heterocycles. The molecule has 4 rings (SSSR count). The summed E-state index contributed by atoms with van der Waals surface area (Å²) in [6.07, 6.45) is 8.40. The number of likely N-dealkylation sites (tertiary alicyclic amines) is 1. The number of carbonyl (C=O) groups is 2. The van der Waals surface area contributed by atoms with Crippen molar-refractivity contribution in [1.29, 1.82) is 0 Å². The van der Waals surface area contributed by atoms with Gasteiger partial charge in [0.2, 0.25) is 5.91 Å². The van der Waals surface area contributed by atoms with Crippen molar-refractivity contribution in [2.45, 2.75) is 51.4 Å². The summed E-state index contributed by atoms with van der Waals surface area (Å²) in [5, 5.41) is 8.80. The van der Waals surface area contributed by atoms with Crippen molar-refractivity contribution in [3.05, 3.63) is 34.9 Å².